The number of benzene rings is 1. The SMILES string of the molecule is C=CC(=O)C1NCCc2nc3ccccc3c(C#N)c21. The molecule has 2 heterocycles. The average molecular weight is 263 g/mol. The van der Waals surface area contributed by atoms with E-state index in [4.69, 9.17) is 0 Å². The summed E-state index contributed by atoms with van der Waals surface area (Å²) in [6.07, 6.45) is 2.01. The molecule has 0 saturated carbocycles. The van der Waals surface area contributed by atoms with E-state index >= 15 is 0 Å². The summed E-state index contributed by atoms with van der Waals surface area (Å²) in [4.78, 5) is 16.6. The highest BCUT2D eigenvalue weighted by molar-refractivity contribution is 5.97. The van der Waals surface area contributed by atoms with E-state index in [1.54, 1.807) is 0 Å². The lowest BCUT2D eigenvalue weighted by Gasteiger charge is -2.26. The zero-order valence-electron chi connectivity index (χ0n) is 10.9. The summed E-state index contributed by atoms with van der Waals surface area (Å²) in [5, 5.41) is 13.5. The van der Waals surface area contributed by atoms with Crippen molar-refractivity contribution in [1.82, 2.24) is 10.3 Å². The van der Waals surface area contributed by atoms with Crippen LogP contribution in [0.5, 0.6) is 0 Å². The van der Waals surface area contributed by atoms with Crippen LogP contribution >= 0.6 is 0 Å². The van der Waals surface area contributed by atoms with E-state index in [9.17, 15) is 10.1 Å². The van der Waals surface area contributed by atoms with Gasteiger partial charge in [0.1, 0.15) is 6.07 Å². The lowest BCUT2D eigenvalue weighted by atomic mass is 9.89. The van der Waals surface area contributed by atoms with Crippen molar-refractivity contribution in [3.05, 3.63) is 53.7 Å². The van der Waals surface area contributed by atoms with Gasteiger partial charge >= 0.3 is 0 Å². The molecule has 1 aromatic heterocycles. The van der Waals surface area contributed by atoms with Crippen molar-refractivity contribution in [3.63, 3.8) is 0 Å². The molecule has 1 N–H and O–H groups in total. The molecule has 1 unspecified atom stereocenters. The summed E-state index contributed by atoms with van der Waals surface area (Å²) in [6, 6.07) is 9.26. The molecule has 1 aliphatic heterocycles. The number of hydrogen-bond donors (Lipinski definition) is 1. The number of fused-ring (bicyclic) bond motifs is 2. The van der Waals surface area contributed by atoms with Gasteiger partial charge in [-0.3, -0.25) is 9.78 Å². The maximum atomic E-state index is 12.0. The van der Waals surface area contributed by atoms with E-state index in [-0.39, 0.29) is 5.78 Å². The average Bonchev–Trinajstić information content (AvgIpc) is 2.51. The Balaban J connectivity index is 2.35. The lowest BCUT2D eigenvalue weighted by molar-refractivity contribution is -0.116. The molecule has 3 rings (SSSR count). The molecule has 4 heteroatoms. The van der Waals surface area contributed by atoms with E-state index in [2.05, 4.69) is 22.9 Å². The van der Waals surface area contributed by atoms with Gasteiger partial charge < -0.3 is 5.32 Å². The number of hydrogen-bond acceptors (Lipinski definition) is 4. The number of nitrogens with zero attached hydrogens (tertiary/aromatic N) is 2. The van der Waals surface area contributed by atoms with Crippen molar-refractivity contribution in [2.75, 3.05) is 6.54 Å². The van der Waals surface area contributed by atoms with Gasteiger partial charge in [0.25, 0.3) is 0 Å². The number of carbonyl (C=O) groups is 1. The van der Waals surface area contributed by atoms with E-state index in [1.165, 1.54) is 6.08 Å². The Labute approximate surface area is 116 Å². The molecule has 20 heavy (non-hydrogen) atoms. The fourth-order valence-electron chi connectivity index (χ4n) is 2.70. The summed E-state index contributed by atoms with van der Waals surface area (Å²) in [5.74, 6) is -0.125. The predicted molar refractivity (Wildman–Crippen MR) is 76.1 cm³/mol. The van der Waals surface area contributed by atoms with Crippen molar-refractivity contribution in [2.24, 2.45) is 0 Å². The molecule has 0 spiro atoms. The van der Waals surface area contributed by atoms with Crippen LogP contribution in [0.25, 0.3) is 10.9 Å². The highest BCUT2D eigenvalue weighted by Crippen LogP contribution is 2.31. The number of pyridine rings is 1. The number of para-hydroxylation sites is 1. The third-order valence-corrected chi connectivity index (χ3v) is 3.61. The summed E-state index contributed by atoms with van der Waals surface area (Å²) in [7, 11) is 0. The molecule has 0 bridgehead atoms. The topological polar surface area (TPSA) is 65.8 Å². The maximum absolute atomic E-state index is 12.0. The number of carbonyl (C=O) groups excluding carboxylic acids is 1. The van der Waals surface area contributed by atoms with Crippen LogP contribution in [0.4, 0.5) is 0 Å². The molecular formula is C16H13N3O. The molecule has 1 aliphatic rings. The molecule has 4 nitrogen and oxygen atoms in total. The predicted octanol–water partition coefficient (Wildman–Crippen LogP) is 2.05. The van der Waals surface area contributed by atoms with Crippen LogP contribution in [-0.4, -0.2) is 17.3 Å². The van der Waals surface area contributed by atoms with Crippen molar-refractivity contribution in [3.8, 4) is 6.07 Å². The second kappa shape index (κ2) is 4.87. The molecule has 1 atom stereocenters. The second-order valence-corrected chi connectivity index (χ2v) is 4.72. The summed E-state index contributed by atoms with van der Waals surface area (Å²) >= 11 is 0. The van der Waals surface area contributed by atoms with E-state index in [1.807, 2.05) is 24.3 Å². The smallest absolute Gasteiger partial charge is 0.176 e. The number of nitrogens with one attached hydrogen (secondary N) is 1. The minimum Gasteiger partial charge on any atom is -0.303 e. The zero-order valence-corrected chi connectivity index (χ0v) is 10.9. The van der Waals surface area contributed by atoms with Crippen LogP contribution in [0.3, 0.4) is 0 Å². The highest BCUT2D eigenvalue weighted by atomic mass is 16.1. The minimum absolute atomic E-state index is 0.125. The molecule has 2 aromatic rings. The molecule has 0 amide bonds. The molecule has 0 aliphatic carbocycles. The first-order chi connectivity index (χ1) is 9.76. The van der Waals surface area contributed by atoms with Crippen molar-refractivity contribution < 1.29 is 4.79 Å². The number of nitriles is 1. The van der Waals surface area contributed by atoms with Crippen molar-refractivity contribution >= 4 is 16.7 Å². The van der Waals surface area contributed by atoms with Crippen LogP contribution < -0.4 is 5.32 Å². The summed E-state index contributed by atoms with van der Waals surface area (Å²) < 4.78 is 0. The highest BCUT2D eigenvalue weighted by Gasteiger charge is 2.29. The van der Waals surface area contributed by atoms with Gasteiger partial charge in [-0.25, -0.2) is 0 Å². The molecule has 1 aromatic carbocycles. The normalized spacial score (nSPS) is 17.2. The number of ketones is 1. The van der Waals surface area contributed by atoms with E-state index < -0.39 is 6.04 Å². The Morgan fingerprint density at radius 2 is 2.30 bits per heavy atom. The first-order valence-corrected chi connectivity index (χ1v) is 6.47. The van der Waals surface area contributed by atoms with Gasteiger partial charge in [0.05, 0.1) is 17.1 Å². The standard InChI is InChI=1S/C16H13N3O/c1-2-14(20)16-15-11(9-17)10-5-3-4-6-12(10)19-13(15)7-8-18-16/h2-6,16,18H,1,7-8H2. The number of rotatable bonds is 2. The Hall–Kier alpha value is -2.51. The van der Waals surface area contributed by atoms with Gasteiger partial charge in [0, 0.05) is 29.6 Å². The first-order valence-electron chi connectivity index (χ1n) is 6.47. The third-order valence-electron chi connectivity index (χ3n) is 3.61. The largest absolute Gasteiger partial charge is 0.303 e. The zero-order chi connectivity index (χ0) is 14.1. The quantitative estimate of drug-likeness (QED) is 0.842. The maximum Gasteiger partial charge on any atom is 0.176 e. The van der Waals surface area contributed by atoms with Gasteiger partial charge in [0.2, 0.25) is 0 Å². The Morgan fingerprint density at radius 3 is 3.05 bits per heavy atom. The van der Waals surface area contributed by atoms with E-state index in [0.717, 1.165) is 23.0 Å². The van der Waals surface area contributed by atoms with Gasteiger partial charge in [-0.15, -0.1) is 0 Å². The molecular weight excluding hydrogens is 250 g/mol. The Morgan fingerprint density at radius 1 is 1.50 bits per heavy atom. The Bertz CT molecular complexity index is 758. The molecule has 0 fully saturated rings. The molecule has 0 saturated heterocycles. The van der Waals surface area contributed by atoms with Gasteiger partial charge in [-0.2, -0.15) is 5.26 Å². The van der Waals surface area contributed by atoms with Gasteiger partial charge in [-0.05, 0) is 12.1 Å². The van der Waals surface area contributed by atoms with Crippen LogP contribution in [0, 0.1) is 11.3 Å². The van der Waals surface area contributed by atoms with Gasteiger partial charge in [-0.1, -0.05) is 24.8 Å². The fourth-order valence-corrected chi connectivity index (χ4v) is 2.70. The molecule has 0 radical (unpaired) electrons. The van der Waals surface area contributed by atoms with Crippen LogP contribution in [0.2, 0.25) is 0 Å². The molecule has 98 valence electrons. The van der Waals surface area contributed by atoms with Crippen molar-refractivity contribution in [1.29, 1.82) is 5.26 Å². The number of aromatic nitrogens is 1. The summed E-state index contributed by atoms with van der Waals surface area (Å²) in [5.41, 5.74) is 2.88. The second-order valence-electron chi connectivity index (χ2n) is 4.72. The fraction of sp³-hybridized carbons (Fsp3) is 0.188. The minimum atomic E-state index is -0.511. The summed E-state index contributed by atoms with van der Waals surface area (Å²) in [6.45, 7) is 4.21. The van der Waals surface area contributed by atoms with Crippen LogP contribution in [0.15, 0.2) is 36.9 Å². The van der Waals surface area contributed by atoms with E-state index in [0.29, 0.717) is 17.7 Å². The monoisotopic (exact) mass is 263 g/mol. The third kappa shape index (κ3) is 1.80. The Kier molecular flexibility index (Phi) is 3.05. The van der Waals surface area contributed by atoms with Crippen molar-refractivity contribution in [2.45, 2.75) is 12.5 Å². The first kappa shape index (κ1) is 12.5. The van der Waals surface area contributed by atoms with Crippen LogP contribution in [0.1, 0.15) is 22.9 Å². The van der Waals surface area contributed by atoms with Gasteiger partial charge in [0.15, 0.2) is 5.78 Å². The van der Waals surface area contributed by atoms with Crippen LogP contribution in [-0.2, 0) is 11.2 Å². The lowest BCUT2D eigenvalue weighted by Crippen LogP contribution is -2.35.